The lowest BCUT2D eigenvalue weighted by atomic mass is 10.1. The molecule has 1 atom stereocenters. The standard InChI is InChI=1S/C7H11N3O6/c1-5(11)14-4-15-10-9(16-10)8-3-2-6(8)7(12)13/h6H,2-4H2,1H3,(H,12,13). The van der Waals surface area contributed by atoms with E-state index in [4.69, 9.17) is 14.6 Å². The Bertz CT molecular complexity index is 390. The molecule has 90 valence electrons. The predicted molar refractivity (Wildman–Crippen MR) is 47.0 cm³/mol. The summed E-state index contributed by atoms with van der Waals surface area (Å²) in [6.45, 7) is 1.54. The third kappa shape index (κ3) is 1.97. The summed E-state index contributed by atoms with van der Waals surface area (Å²) in [5.41, 5.74) is 0. The third-order valence-electron chi connectivity index (χ3n) is 2.18. The van der Waals surface area contributed by atoms with Gasteiger partial charge >= 0.3 is 11.9 Å². The van der Waals surface area contributed by atoms with Crippen LogP contribution in [-0.4, -0.2) is 46.4 Å². The van der Waals surface area contributed by atoms with E-state index in [1.807, 2.05) is 0 Å². The van der Waals surface area contributed by atoms with E-state index in [2.05, 4.69) is 4.74 Å². The number of esters is 1. The fraction of sp³-hybridized carbons (Fsp3) is 0.714. The van der Waals surface area contributed by atoms with Crippen molar-refractivity contribution in [2.75, 3.05) is 18.3 Å². The number of carboxylic acid groups (broad SMARTS) is 1. The first-order valence-corrected chi connectivity index (χ1v) is 4.63. The summed E-state index contributed by atoms with van der Waals surface area (Å²) in [5.74, 6) is -1.39. The number of carboxylic acids is 1. The molecule has 1 fully saturated rings. The van der Waals surface area contributed by atoms with E-state index < -0.39 is 18.0 Å². The molecule has 1 unspecified atom stereocenters. The number of aromatic nitrogens is 2. The number of hydrogen-bond acceptors (Lipinski definition) is 6. The van der Waals surface area contributed by atoms with Crippen molar-refractivity contribution in [3.63, 3.8) is 0 Å². The smallest absolute Gasteiger partial charge is 0.328 e. The molecule has 1 aliphatic rings. The highest BCUT2D eigenvalue weighted by Gasteiger charge is 2.40. The molecule has 9 heteroatoms. The van der Waals surface area contributed by atoms with Gasteiger partial charge in [-0.1, -0.05) is 0 Å². The molecule has 0 spiro atoms. The zero-order valence-corrected chi connectivity index (χ0v) is 8.53. The molecule has 0 saturated carbocycles. The van der Waals surface area contributed by atoms with Crippen molar-refractivity contribution >= 4 is 11.9 Å². The quantitative estimate of drug-likeness (QED) is 0.494. The van der Waals surface area contributed by atoms with Crippen LogP contribution >= 0.6 is 0 Å². The first kappa shape index (κ1) is 10.5. The van der Waals surface area contributed by atoms with Crippen LogP contribution in [0.15, 0.2) is 4.63 Å². The number of nitrogens with zero attached hydrogens (tertiary/aromatic N) is 3. The second-order valence-corrected chi connectivity index (χ2v) is 3.26. The average Bonchev–Trinajstić information content (AvgIpc) is 2.80. The van der Waals surface area contributed by atoms with Crippen LogP contribution in [0.4, 0.5) is 0 Å². The molecule has 1 saturated heterocycles. The van der Waals surface area contributed by atoms with Crippen LogP contribution in [-0.2, 0) is 14.3 Å². The van der Waals surface area contributed by atoms with E-state index >= 15 is 0 Å². The van der Waals surface area contributed by atoms with Gasteiger partial charge in [0.25, 0.3) is 6.79 Å². The fourth-order valence-corrected chi connectivity index (χ4v) is 1.24. The van der Waals surface area contributed by atoms with Crippen LogP contribution in [0, 0.1) is 0 Å². The van der Waals surface area contributed by atoms with E-state index in [9.17, 15) is 9.59 Å². The van der Waals surface area contributed by atoms with Gasteiger partial charge in [0.05, 0.1) is 4.96 Å². The molecule has 0 bridgehead atoms. The highest BCUT2D eigenvalue weighted by atomic mass is 17.0. The van der Waals surface area contributed by atoms with Crippen molar-refractivity contribution < 1.29 is 28.9 Å². The molecular weight excluding hydrogens is 222 g/mol. The lowest BCUT2D eigenvalue weighted by Gasteiger charge is -2.33. The van der Waals surface area contributed by atoms with Crippen molar-refractivity contribution in [1.29, 1.82) is 0 Å². The van der Waals surface area contributed by atoms with Gasteiger partial charge < -0.3 is 14.7 Å². The van der Waals surface area contributed by atoms with Gasteiger partial charge in [-0.2, -0.15) is 4.63 Å². The molecule has 2 heterocycles. The Kier molecular flexibility index (Phi) is 2.50. The van der Waals surface area contributed by atoms with Gasteiger partial charge in [-0.25, -0.2) is 9.80 Å². The van der Waals surface area contributed by atoms with Crippen LogP contribution in [0.1, 0.15) is 13.3 Å². The topological polar surface area (TPSA) is 99.1 Å². The average molecular weight is 233 g/mol. The molecule has 0 aromatic carbocycles. The van der Waals surface area contributed by atoms with Crippen LogP contribution in [0.5, 0.6) is 0 Å². The molecule has 1 N–H and O–H groups in total. The summed E-state index contributed by atoms with van der Waals surface area (Å²) in [6, 6.07) is -0.595. The van der Waals surface area contributed by atoms with E-state index in [0.29, 0.717) is 13.0 Å². The summed E-state index contributed by atoms with van der Waals surface area (Å²) in [4.78, 5) is 27.1. The summed E-state index contributed by atoms with van der Waals surface area (Å²) >= 11 is 0. The maximum atomic E-state index is 10.7. The Morgan fingerprint density at radius 3 is 2.81 bits per heavy atom. The van der Waals surface area contributed by atoms with E-state index in [0.717, 1.165) is 9.98 Å². The highest BCUT2D eigenvalue weighted by molar-refractivity contribution is 5.77. The zero-order chi connectivity index (χ0) is 11.7. The lowest BCUT2D eigenvalue weighted by molar-refractivity contribution is -0.156. The Morgan fingerprint density at radius 2 is 2.31 bits per heavy atom. The minimum absolute atomic E-state index is 0.280. The number of aliphatic carboxylic acids is 1. The Balaban J connectivity index is 1.76. The lowest BCUT2D eigenvalue weighted by Crippen LogP contribution is -2.57. The molecule has 16 heavy (non-hydrogen) atoms. The summed E-state index contributed by atoms with van der Waals surface area (Å²) in [7, 11) is 0. The largest absolute Gasteiger partial charge is 0.480 e. The second-order valence-electron chi connectivity index (χ2n) is 3.26. The minimum atomic E-state index is -0.915. The van der Waals surface area contributed by atoms with Gasteiger partial charge in [0.1, 0.15) is 11.1 Å². The maximum Gasteiger partial charge on any atom is 0.328 e. The summed E-state index contributed by atoms with van der Waals surface area (Å²) < 4.78 is 9.30. The number of carbonyl (C=O) groups is 2. The van der Waals surface area contributed by atoms with Gasteiger partial charge in [-0.15, -0.1) is 0 Å². The van der Waals surface area contributed by atoms with Crippen molar-refractivity contribution in [2.24, 2.45) is 0 Å². The van der Waals surface area contributed by atoms with Gasteiger partial charge in [-0.05, 0) is 6.42 Å². The molecule has 1 aromatic heterocycles. The van der Waals surface area contributed by atoms with Crippen LogP contribution in [0.3, 0.4) is 0 Å². The van der Waals surface area contributed by atoms with Crippen LogP contribution < -0.4 is 9.85 Å². The molecular formula is C7H11N3O6. The number of carbonyl (C=O) groups excluding carboxylic acids is 1. The number of ether oxygens (including phenoxy) is 1. The second kappa shape index (κ2) is 3.83. The van der Waals surface area contributed by atoms with E-state index in [-0.39, 0.29) is 6.79 Å². The number of rotatable bonds is 5. The monoisotopic (exact) mass is 233 g/mol. The maximum absolute atomic E-state index is 10.7. The van der Waals surface area contributed by atoms with E-state index in [1.165, 1.54) is 11.9 Å². The van der Waals surface area contributed by atoms with Crippen molar-refractivity contribution in [3.05, 3.63) is 0 Å². The molecule has 2 rings (SSSR count). The summed E-state index contributed by atoms with van der Waals surface area (Å²) in [5, 5.41) is 11.2. The Morgan fingerprint density at radius 1 is 1.56 bits per heavy atom. The van der Waals surface area contributed by atoms with Gasteiger partial charge in [-0.3, -0.25) is 4.79 Å². The van der Waals surface area contributed by atoms with Gasteiger partial charge in [0.2, 0.25) is 0 Å². The fourth-order valence-electron chi connectivity index (χ4n) is 1.24. The first-order valence-electron chi connectivity index (χ1n) is 4.63. The van der Waals surface area contributed by atoms with E-state index in [1.54, 1.807) is 0 Å². The molecule has 0 radical (unpaired) electrons. The molecule has 0 aliphatic carbocycles. The predicted octanol–water partition coefficient (Wildman–Crippen LogP) is -1.37. The zero-order valence-electron chi connectivity index (χ0n) is 8.53. The third-order valence-corrected chi connectivity index (χ3v) is 2.18. The molecule has 1 aromatic rings. The Hall–Kier alpha value is -2.06. The van der Waals surface area contributed by atoms with Crippen molar-refractivity contribution in [3.8, 4) is 0 Å². The van der Waals surface area contributed by atoms with Gasteiger partial charge in [0.15, 0.2) is 0 Å². The molecule has 9 nitrogen and oxygen atoms in total. The number of hydrogen-bond donors (Lipinski definition) is 1. The molecule has 0 amide bonds. The first-order chi connectivity index (χ1) is 7.59. The Labute approximate surface area is 89.5 Å². The van der Waals surface area contributed by atoms with Crippen molar-refractivity contribution in [1.82, 2.24) is 9.98 Å². The van der Waals surface area contributed by atoms with Crippen molar-refractivity contribution in [2.45, 2.75) is 19.4 Å². The highest BCUT2D eigenvalue weighted by Crippen LogP contribution is 2.17. The molecule has 1 aliphatic heterocycles. The minimum Gasteiger partial charge on any atom is -0.480 e. The van der Waals surface area contributed by atoms with Gasteiger partial charge in [0, 0.05) is 13.5 Å². The van der Waals surface area contributed by atoms with Crippen LogP contribution in [0.25, 0.3) is 0 Å². The summed E-state index contributed by atoms with van der Waals surface area (Å²) in [6.07, 6.45) is 0.562. The van der Waals surface area contributed by atoms with Crippen LogP contribution in [0.2, 0.25) is 0 Å². The normalized spacial score (nSPS) is 19.3. The SMILES string of the molecule is CC(=O)OCOn1on1N1CCC1C(=O)O.